The lowest BCUT2D eigenvalue weighted by atomic mass is 9.90. The molecule has 2 saturated carbocycles. The van der Waals surface area contributed by atoms with Gasteiger partial charge in [0.05, 0.1) is 5.92 Å². The summed E-state index contributed by atoms with van der Waals surface area (Å²) in [6, 6.07) is 4.04. The lowest BCUT2D eigenvalue weighted by molar-refractivity contribution is -0.131. The topological polar surface area (TPSA) is 72.1 Å². The fraction of sp³-hybridized carbons (Fsp3) is 0.600. The zero-order valence-electron chi connectivity index (χ0n) is 14.9. The van der Waals surface area contributed by atoms with Crippen LogP contribution in [0.3, 0.4) is 0 Å². The first-order valence-electron chi connectivity index (χ1n) is 9.82. The highest BCUT2D eigenvalue weighted by Crippen LogP contribution is 2.42. The number of nitrogens with zero attached hydrogens (tertiary/aromatic N) is 4. The standard InChI is InChI=1S/C20H24N4O2/c25-20(14-7-8-14)24-11-16(15-6-3-9-21-10-15)17(12-24)19-22-18(23-26-19)13-4-1-2-5-13/h3,6,9-10,13-14,16-17H,1-2,4-5,7-8,11-12H2/t16-,17+/m0/s1. The molecule has 5 rings (SSSR count). The van der Waals surface area contributed by atoms with Crippen LogP contribution in [-0.2, 0) is 4.79 Å². The highest BCUT2D eigenvalue weighted by atomic mass is 16.5. The van der Waals surface area contributed by atoms with Crippen molar-refractivity contribution in [2.24, 2.45) is 5.92 Å². The Balaban J connectivity index is 1.42. The summed E-state index contributed by atoms with van der Waals surface area (Å²) in [5, 5.41) is 4.28. The maximum absolute atomic E-state index is 12.6. The number of carbonyl (C=O) groups excluding carboxylic acids is 1. The van der Waals surface area contributed by atoms with Crippen LogP contribution in [0.25, 0.3) is 0 Å². The monoisotopic (exact) mass is 352 g/mol. The van der Waals surface area contributed by atoms with E-state index in [0.29, 0.717) is 24.9 Å². The van der Waals surface area contributed by atoms with E-state index < -0.39 is 0 Å². The molecule has 0 radical (unpaired) electrons. The van der Waals surface area contributed by atoms with Gasteiger partial charge < -0.3 is 9.42 Å². The van der Waals surface area contributed by atoms with Crippen LogP contribution in [0.1, 0.15) is 73.6 Å². The van der Waals surface area contributed by atoms with E-state index in [-0.39, 0.29) is 23.7 Å². The second-order valence-corrected chi connectivity index (χ2v) is 7.99. The van der Waals surface area contributed by atoms with E-state index in [9.17, 15) is 4.79 Å². The Morgan fingerprint density at radius 3 is 2.65 bits per heavy atom. The van der Waals surface area contributed by atoms with Gasteiger partial charge in [0.1, 0.15) is 0 Å². The molecule has 2 aromatic rings. The summed E-state index contributed by atoms with van der Waals surface area (Å²) >= 11 is 0. The quantitative estimate of drug-likeness (QED) is 0.845. The maximum Gasteiger partial charge on any atom is 0.232 e. The predicted molar refractivity (Wildman–Crippen MR) is 94.5 cm³/mol. The normalized spacial score (nSPS) is 26.5. The van der Waals surface area contributed by atoms with Crippen molar-refractivity contribution in [3.63, 3.8) is 0 Å². The minimum absolute atomic E-state index is 0.0598. The third-order valence-electron chi connectivity index (χ3n) is 6.17. The molecule has 2 aliphatic carbocycles. The molecule has 0 aromatic carbocycles. The Morgan fingerprint density at radius 2 is 1.92 bits per heavy atom. The number of hydrogen-bond donors (Lipinski definition) is 0. The first kappa shape index (κ1) is 16.0. The largest absolute Gasteiger partial charge is 0.341 e. The average Bonchev–Trinajstić information content (AvgIpc) is 3.10. The Kier molecular flexibility index (Phi) is 3.98. The Morgan fingerprint density at radius 1 is 1.12 bits per heavy atom. The molecule has 2 aromatic heterocycles. The number of carbonyl (C=O) groups is 1. The lowest BCUT2D eigenvalue weighted by Crippen LogP contribution is -2.30. The molecule has 3 aliphatic rings. The summed E-state index contributed by atoms with van der Waals surface area (Å²) in [6.07, 6.45) is 10.6. The van der Waals surface area contributed by atoms with E-state index in [1.54, 1.807) is 6.20 Å². The highest BCUT2D eigenvalue weighted by molar-refractivity contribution is 5.81. The van der Waals surface area contributed by atoms with Gasteiger partial charge in [-0.1, -0.05) is 24.1 Å². The van der Waals surface area contributed by atoms with Crippen molar-refractivity contribution in [2.75, 3.05) is 13.1 Å². The second kappa shape index (κ2) is 6.49. The second-order valence-electron chi connectivity index (χ2n) is 7.99. The SMILES string of the molecule is O=C(C1CC1)N1C[C@@H](c2cccnc2)[C@H](c2nc(C3CCCC3)no2)C1. The first-order valence-corrected chi connectivity index (χ1v) is 9.82. The molecule has 3 heterocycles. The van der Waals surface area contributed by atoms with Gasteiger partial charge in [0.25, 0.3) is 0 Å². The van der Waals surface area contributed by atoms with Crippen LogP contribution < -0.4 is 0 Å². The molecule has 1 amide bonds. The van der Waals surface area contributed by atoms with E-state index in [0.717, 1.165) is 37.1 Å². The number of aromatic nitrogens is 3. The minimum Gasteiger partial charge on any atom is -0.341 e. The van der Waals surface area contributed by atoms with E-state index in [2.05, 4.69) is 16.2 Å². The van der Waals surface area contributed by atoms with E-state index in [4.69, 9.17) is 9.51 Å². The number of pyridine rings is 1. The number of rotatable bonds is 4. The van der Waals surface area contributed by atoms with Gasteiger partial charge in [0, 0.05) is 43.2 Å². The lowest BCUT2D eigenvalue weighted by Gasteiger charge is -2.16. The Labute approximate surface area is 153 Å². The van der Waals surface area contributed by atoms with Crippen molar-refractivity contribution in [1.82, 2.24) is 20.0 Å². The van der Waals surface area contributed by atoms with Crippen molar-refractivity contribution < 1.29 is 9.32 Å². The smallest absolute Gasteiger partial charge is 0.232 e. The van der Waals surface area contributed by atoms with Crippen LogP contribution in [0.2, 0.25) is 0 Å². The average molecular weight is 352 g/mol. The molecular formula is C20H24N4O2. The van der Waals surface area contributed by atoms with Gasteiger partial charge in [-0.05, 0) is 37.3 Å². The van der Waals surface area contributed by atoms with E-state index in [1.807, 2.05) is 17.2 Å². The maximum atomic E-state index is 12.6. The van der Waals surface area contributed by atoms with E-state index in [1.165, 1.54) is 12.8 Å². The molecule has 1 aliphatic heterocycles. The van der Waals surface area contributed by atoms with Gasteiger partial charge in [-0.3, -0.25) is 9.78 Å². The van der Waals surface area contributed by atoms with Crippen LogP contribution in [0.15, 0.2) is 29.0 Å². The number of amides is 1. The van der Waals surface area contributed by atoms with Gasteiger partial charge >= 0.3 is 0 Å². The summed E-state index contributed by atoms with van der Waals surface area (Å²) in [6.45, 7) is 1.38. The molecule has 3 fully saturated rings. The number of hydrogen-bond acceptors (Lipinski definition) is 5. The molecular weight excluding hydrogens is 328 g/mol. The molecule has 1 saturated heterocycles. The van der Waals surface area contributed by atoms with Crippen LogP contribution in [0.4, 0.5) is 0 Å². The van der Waals surface area contributed by atoms with E-state index >= 15 is 0 Å². The molecule has 6 nitrogen and oxygen atoms in total. The molecule has 6 heteroatoms. The number of likely N-dealkylation sites (tertiary alicyclic amines) is 1. The fourth-order valence-corrected chi connectivity index (χ4v) is 4.50. The molecule has 0 N–H and O–H groups in total. The third-order valence-corrected chi connectivity index (χ3v) is 6.17. The van der Waals surface area contributed by atoms with Gasteiger partial charge in [-0.2, -0.15) is 4.98 Å². The van der Waals surface area contributed by atoms with Gasteiger partial charge in [-0.25, -0.2) is 0 Å². The summed E-state index contributed by atoms with van der Waals surface area (Å²) in [4.78, 5) is 23.7. The van der Waals surface area contributed by atoms with Gasteiger partial charge in [0.15, 0.2) is 5.82 Å². The molecule has 0 bridgehead atoms. The minimum atomic E-state index is 0.0598. The zero-order valence-corrected chi connectivity index (χ0v) is 14.9. The highest BCUT2D eigenvalue weighted by Gasteiger charge is 2.44. The van der Waals surface area contributed by atoms with Crippen molar-refractivity contribution in [2.45, 2.75) is 56.3 Å². The molecule has 136 valence electrons. The Bertz CT molecular complexity index is 780. The zero-order chi connectivity index (χ0) is 17.5. The summed E-state index contributed by atoms with van der Waals surface area (Å²) in [5.41, 5.74) is 1.14. The molecule has 0 spiro atoms. The van der Waals surface area contributed by atoms with Crippen LogP contribution in [0.5, 0.6) is 0 Å². The van der Waals surface area contributed by atoms with Gasteiger partial charge in [-0.15, -0.1) is 0 Å². The fourth-order valence-electron chi connectivity index (χ4n) is 4.50. The van der Waals surface area contributed by atoms with Crippen molar-refractivity contribution in [3.05, 3.63) is 41.8 Å². The Hall–Kier alpha value is -2.24. The molecule has 2 atom stereocenters. The summed E-state index contributed by atoms with van der Waals surface area (Å²) in [5.74, 6) is 2.74. The predicted octanol–water partition coefficient (Wildman–Crippen LogP) is 3.24. The summed E-state index contributed by atoms with van der Waals surface area (Å²) in [7, 11) is 0. The van der Waals surface area contributed by atoms with Crippen LogP contribution >= 0.6 is 0 Å². The van der Waals surface area contributed by atoms with Crippen LogP contribution in [-0.4, -0.2) is 39.0 Å². The first-order chi connectivity index (χ1) is 12.8. The summed E-state index contributed by atoms with van der Waals surface area (Å²) < 4.78 is 5.70. The molecule has 26 heavy (non-hydrogen) atoms. The van der Waals surface area contributed by atoms with Crippen molar-refractivity contribution in [1.29, 1.82) is 0 Å². The van der Waals surface area contributed by atoms with Gasteiger partial charge in [0.2, 0.25) is 11.8 Å². The van der Waals surface area contributed by atoms with Crippen molar-refractivity contribution >= 4 is 5.91 Å². The third kappa shape index (κ3) is 2.91. The molecule has 0 unspecified atom stereocenters. The van der Waals surface area contributed by atoms with Crippen molar-refractivity contribution in [3.8, 4) is 0 Å². The van der Waals surface area contributed by atoms with Crippen LogP contribution in [0, 0.1) is 5.92 Å².